The van der Waals surface area contributed by atoms with E-state index >= 15 is 0 Å². The van der Waals surface area contributed by atoms with Crippen LogP contribution >= 0.6 is 0 Å². The van der Waals surface area contributed by atoms with Crippen molar-refractivity contribution >= 4 is 0 Å². The number of benzene rings is 10. The van der Waals surface area contributed by atoms with Gasteiger partial charge in [0.1, 0.15) is 23.0 Å². The summed E-state index contributed by atoms with van der Waals surface area (Å²) in [5, 5.41) is 0. The molecule has 2 heteroatoms. The molecule has 10 aromatic carbocycles. The smallest absolute Gasteiger partial charge is 0.140 e. The molecule has 2 aliphatic heterocycles. The predicted molar refractivity (Wildman–Crippen MR) is 274 cm³/mol. The topological polar surface area (TPSA) is 18.5 Å². The molecule has 2 aliphatic rings. The Hall–Kier alpha value is -8.20. The summed E-state index contributed by atoms with van der Waals surface area (Å²) in [6.45, 7) is 6.65. The molecule has 12 rings (SSSR count). The van der Waals surface area contributed by atoms with Crippen molar-refractivity contribution in [1.82, 2.24) is 0 Å². The molecule has 320 valence electrons. The molecule has 10 aromatic rings. The Balaban J connectivity index is 1.15. The minimum absolute atomic E-state index is 0.648. The highest BCUT2D eigenvalue weighted by atomic mass is 16.5. The van der Waals surface area contributed by atoms with Gasteiger partial charge < -0.3 is 9.47 Å². The van der Waals surface area contributed by atoms with Gasteiger partial charge in [-0.2, -0.15) is 0 Å². The van der Waals surface area contributed by atoms with Gasteiger partial charge in [-0.15, -0.1) is 0 Å². The van der Waals surface area contributed by atoms with Crippen molar-refractivity contribution < 1.29 is 9.47 Å². The van der Waals surface area contributed by atoms with E-state index in [0.717, 1.165) is 73.1 Å². The Kier molecular flexibility index (Phi) is 9.66. The molecule has 67 heavy (non-hydrogen) atoms. The number of fused-ring (bicyclic) bond motifs is 4. The molecule has 0 saturated carbocycles. The molecular formula is C65H48O2. The van der Waals surface area contributed by atoms with E-state index in [2.05, 4.69) is 257 Å². The van der Waals surface area contributed by atoms with E-state index in [1.165, 1.54) is 44.5 Å². The van der Waals surface area contributed by atoms with Crippen LogP contribution in [0.3, 0.4) is 0 Å². The third-order valence-electron chi connectivity index (χ3n) is 14.2. The Morgan fingerprint density at radius 2 is 0.627 bits per heavy atom. The van der Waals surface area contributed by atoms with Gasteiger partial charge in [-0.3, -0.25) is 0 Å². The van der Waals surface area contributed by atoms with Crippen molar-refractivity contribution in [2.24, 2.45) is 0 Å². The van der Waals surface area contributed by atoms with Crippen molar-refractivity contribution in [1.29, 1.82) is 0 Å². The van der Waals surface area contributed by atoms with Crippen LogP contribution in [0, 0.1) is 20.8 Å². The van der Waals surface area contributed by atoms with Gasteiger partial charge in [0, 0.05) is 33.4 Å². The van der Waals surface area contributed by atoms with Crippen molar-refractivity contribution in [2.45, 2.75) is 31.6 Å². The zero-order chi connectivity index (χ0) is 45.1. The van der Waals surface area contributed by atoms with Crippen molar-refractivity contribution in [3.8, 4) is 56.4 Å². The summed E-state index contributed by atoms with van der Waals surface area (Å²) < 4.78 is 14.5. The largest absolute Gasteiger partial charge is 0.456 e. The lowest BCUT2D eigenvalue weighted by Crippen LogP contribution is -2.34. The van der Waals surface area contributed by atoms with Gasteiger partial charge in [-0.05, 0) is 107 Å². The first-order chi connectivity index (χ1) is 33.0. The highest BCUT2D eigenvalue weighted by molar-refractivity contribution is 5.89. The Bertz CT molecular complexity index is 3180. The third kappa shape index (κ3) is 6.24. The van der Waals surface area contributed by atoms with Crippen LogP contribution in [0.4, 0.5) is 0 Å². The molecule has 0 radical (unpaired) electrons. The van der Waals surface area contributed by atoms with E-state index in [9.17, 15) is 0 Å². The van der Waals surface area contributed by atoms with Crippen LogP contribution in [-0.4, -0.2) is 0 Å². The molecule has 0 unspecified atom stereocenters. The minimum Gasteiger partial charge on any atom is -0.456 e. The summed E-state index contributed by atoms with van der Waals surface area (Å²) >= 11 is 0. The standard InChI is InChI=1S/C65H48O2/c1-43-38-44(2)61(45(3)39-43)48-41-46(53-30-20-34-57-62(53)66-59-36-18-16-32-55(59)64(57,49-22-8-4-9-23-49)50-24-10-5-11-25-50)40-47(42-48)54-31-21-35-58-63(54)67-60-37-19-17-33-56(60)65(58,51-26-12-6-13-27-51)52-28-14-7-15-29-52/h4-42H,1-3H3. The fraction of sp³-hybridized carbons (Fsp3) is 0.0769. The number of hydrogen-bond acceptors (Lipinski definition) is 2. The van der Waals surface area contributed by atoms with Gasteiger partial charge in [0.2, 0.25) is 0 Å². The molecule has 0 N–H and O–H groups in total. The average Bonchev–Trinajstić information content (AvgIpc) is 3.37. The van der Waals surface area contributed by atoms with E-state index in [-0.39, 0.29) is 0 Å². The van der Waals surface area contributed by atoms with Crippen LogP contribution in [0.25, 0.3) is 33.4 Å². The van der Waals surface area contributed by atoms with E-state index in [1.54, 1.807) is 0 Å². The summed E-state index contributed by atoms with van der Waals surface area (Å²) in [7, 11) is 0. The molecule has 0 bridgehead atoms. The molecule has 0 atom stereocenters. The Labute approximate surface area is 393 Å². The summed E-state index contributed by atoms with van der Waals surface area (Å²) in [6, 6.07) is 85.8. The van der Waals surface area contributed by atoms with Gasteiger partial charge >= 0.3 is 0 Å². The van der Waals surface area contributed by atoms with Crippen LogP contribution in [0.2, 0.25) is 0 Å². The quantitative estimate of drug-likeness (QED) is 0.159. The first kappa shape index (κ1) is 40.3. The fourth-order valence-electron chi connectivity index (χ4n) is 11.6. The minimum atomic E-state index is -0.648. The lowest BCUT2D eigenvalue weighted by Gasteiger charge is -2.42. The Morgan fingerprint density at radius 3 is 1.01 bits per heavy atom. The molecule has 2 heterocycles. The zero-order valence-corrected chi connectivity index (χ0v) is 37.8. The maximum atomic E-state index is 7.25. The van der Waals surface area contributed by atoms with Crippen LogP contribution in [0.1, 0.15) is 61.2 Å². The fourth-order valence-corrected chi connectivity index (χ4v) is 11.6. The summed E-state index contributed by atoms with van der Waals surface area (Å²) in [5.41, 5.74) is 18.1. The molecular weight excluding hydrogens is 813 g/mol. The SMILES string of the molecule is Cc1cc(C)c(-c2cc(-c3cccc4c3Oc3ccccc3C4(c3ccccc3)c3ccccc3)cc(-c3cccc4c3Oc3ccccc3C4(c3ccccc3)c3ccccc3)c2)c(C)c1. The summed E-state index contributed by atoms with van der Waals surface area (Å²) in [4.78, 5) is 0. The molecule has 0 fully saturated rings. The normalized spacial score (nSPS) is 13.8. The highest BCUT2D eigenvalue weighted by Gasteiger charge is 2.47. The van der Waals surface area contributed by atoms with Crippen LogP contribution < -0.4 is 9.47 Å². The molecule has 0 aliphatic carbocycles. The van der Waals surface area contributed by atoms with Crippen molar-refractivity contribution in [3.05, 3.63) is 298 Å². The van der Waals surface area contributed by atoms with Gasteiger partial charge in [0.15, 0.2) is 0 Å². The zero-order valence-electron chi connectivity index (χ0n) is 37.8. The first-order valence-corrected chi connectivity index (χ1v) is 23.2. The number of hydrogen-bond donors (Lipinski definition) is 0. The van der Waals surface area contributed by atoms with E-state index in [0.29, 0.717) is 0 Å². The number of aryl methyl sites for hydroxylation is 3. The first-order valence-electron chi connectivity index (χ1n) is 23.2. The highest BCUT2D eigenvalue weighted by Crippen LogP contribution is 2.60. The lowest BCUT2D eigenvalue weighted by atomic mass is 9.63. The lowest BCUT2D eigenvalue weighted by molar-refractivity contribution is 0.436. The van der Waals surface area contributed by atoms with E-state index in [1.807, 2.05) is 0 Å². The maximum absolute atomic E-state index is 7.25. The van der Waals surface area contributed by atoms with Gasteiger partial charge in [0.25, 0.3) is 0 Å². The monoisotopic (exact) mass is 860 g/mol. The summed E-state index contributed by atoms with van der Waals surface area (Å²) in [5.74, 6) is 3.39. The van der Waals surface area contributed by atoms with E-state index in [4.69, 9.17) is 9.47 Å². The second kappa shape index (κ2) is 16.0. The molecule has 2 nitrogen and oxygen atoms in total. The Morgan fingerprint density at radius 1 is 0.299 bits per heavy atom. The van der Waals surface area contributed by atoms with Gasteiger partial charge in [-0.1, -0.05) is 212 Å². The number of rotatable bonds is 7. The third-order valence-corrected chi connectivity index (χ3v) is 14.2. The van der Waals surface area contributed by atoms with Crippen molar-refractivity contribution in [2.75, 3.05) is 0 Å². The average molecular weight is 861 g/mol. The maximum Gasteiger partial charge on any atom is 0.140 e. The van der Waals surface area contributed by atoms with Crippen LogP contribution in [-0.2, 0) is 10.8 Å². The summed E-state index contributed by atoms with van der Waals surface area (Å²) in [6.07, 6.45) is 0. The van der Waals surface area contributed by atoms with Crippen LogP contribution in [0.15, 0.2) is 237 Å². The predicted octanol–water partition coefficient (Wildman–Crippen LogP) is 16.6. The van der Waals surface area contributed by atoms with E-state index < -0.39 is 10.8 Å². The second-order valence-electron chi connectivity index (χ2n) is 18.1. The second-order valence-corrected chi connectivity index (χ2v) is 18.1. The number of para-hydroxylation sites is 4. The van der Waals surface area contributed by atoms with Crippen molar-refractivity contribution in [3.63, 3.8) is 0 Å². The molecule has 0 aromatic heterocycles. The molecule has 0 amide bonds. The molecule has 0 spiro atoms. The van der Waals surface area contributed by atoms with Crippen LogP contribution in [0.5, 0.6) is 23.0 Å². The molecule has 0 saturated heterocycles. The van der Waals surface area contributed by atoms with Gasteiger partial charge in [0.05, 0.1) is 10.8 Å². The van der Waals surface area contributed by atoms with Gasteiger partial charge in [-0.25, -0.2) is 0 Å². The number of ether oxygens (including phenoxy) is 2.